The molecule has 0 radical (unpaired) electrons. The van der Waals surface area contributed by atoms with Gasteiger partial charge in [0.25, 0.3) is 11.8 Å². The lowest BCUT2D eigenvalue weighted by Crippen LogP contribution is -2.36. The lowest BCUT2D eigenvalue weighted by molar-refractivity contribution is 0.0985. The minimum Gasteiger partial charge on any atom is -0.497 e. The molecule has 218 valence electrons. The molecule has 0 saturated carbocycles. The van der Waals surface area contributed by atoms with Gasteiger partial charge in [-0.2, -0.15) is 0 Å². The number of piperidine rings is 1. The predicted octanol–water partition coefficient (Wildman–Crippen LogP) is 6.58. The Morgan fingerprint density at radius 1 is 0.837 bits per heavy atom. The fourth-order valence-corrected chi connectivity index (χ4v) is 5.55. The van der Waals surface area contributed by atoms with Gasteiger partial charge in [-0.1, -0.05) is 54.6 Å². The molecule has 1 heterocycles. The van der Waals surface area contributed by atoms with E-state index in [1.807, 2.05) is 66.7 Å². The summed E-state index contributed by atoms with van der Waals surface area (Å²) in [6.45, 7) is 1.74. The normalized spacial score (nSPS) is 13.1. The van der Waals surface area contributed by atoms with Crippen LogP contribution in [-0.4, -0.2) is 49.4 Å². The van der Waals surface area contributed by atoms with Crippen molar-refractivity contribution in [1.29, 1.82) is 0 Å². The third kappa shape index (κ3) is 7.21. The van der Waals surface area contributed by atoms with Crippen LogP contribution in [0.4, 0.5) is 11.4 Å². The van der Waals surface area contributed by atoms with E-state index in [9.17, 15) is 14.4 Å². The van der Waals surface area contributed by atoms with Gasteiger partial charge in [0.1, 0.15) is 17.4 Å². The van der Waals surface area contributed by atoms with Gasteiger partial charge in [0.15, 0.2) is 0 Å². The van der Waals surface area contributed by atoms with E-state index >= 15 is 0 Å². The highest BCUT2D eigenvalue weighted by atomic mass is 16.5. The van der Waals surface area contributed by atoms with Crippen molar-refractivity contribution in [3.8, 4) is 5.75 Å². The van der Waals surface area contributed by atoms with Crippen molar-refractivity contribution in [1.82, 2.24) is 4.90 Å². The van der Waals surface area contributed by atoms with Crippen LogP contribution in [0, 0.1) is 0 Å². The summed E-state index contributed by atoms with van der Waals surface area (Å²) < 4.78 is 5.20. The smallest absolute Gasteiger partial charge is 0.258 e. The molecule has 1 fully saturated rings. The Balaban J connectivity index is 1.22. The van der Waals surface area contributed by atoms with Gasteiger partial charge in [0.05, 0.1) is 7.11 Å². The largest absolute Gasteiger partial charge is 0.497 e. The van der Waals surface area contributed by atoms with Crippen LogP contribution in [0.15, 0.2) is 115 Å². The van der Waals surface area contributed by atoms with Crippen molar-refractivity contribution in [2.75, 3.05) is 37.0 Å². The van der Waals surface area contributed by atoms with E-state index in [1.54, 1.807) is 48.4 Å². The number of anilines is 2. The summed E-state index contributed by atoms with van der Waals surface area (Å²) in [6, 6.07) is 33.6. The van der Waals surface area contributed by atoms with E-state index in [1.165, 1.54) is 0 Å². The summed E-state index contributed by atoms with van der Waals surface area (Å²) in [4.78, 5) is 42.3. The van der Waals surface area contributed by atoms with Crippen LogP contribution in [0.2, 0.25) is 0 Å². The molecule has 0 bridgehead atoms. The lowest BCUT2D eigenvalue weighted by atomic mass is 9.88. The van der Waals surface area contributed by atoms with Gasteiger partial charge in [-0.25, -0.2) is 4.79 Å². The highest BCUT2D eigenvalue weighted by Crippen LogP contribution is 2.34. The van der Waals surface area contributed by atoms with Gasteiger partial charge in [-0.05, 0) is 78.9 Å². The molecule has 0 aliphatic carbocycles. The molecule has 43 heavy (non-hydrogen) atoms. The topological polar surface area (TPSA) is 79.0 Å². The quantitative estimate of drug-likeness (QED) is 0.217. The second-order valence-corrected chi connectivity index (χ2v) is 10.5. The van der Waals surface area contributed by atoms with E-state index in [0.29, 0.717) is 48.6 Å². The zero-order valence-electron chi connectivity index (χ0n) is 24.2. The Labute approximate surface area is 252 Å². The number of rotatable bonds is 10. The van der Waals surface area contributed by atoms with Crippen LogP contribution >= 0.6 is 0 Å². The first-order chi connectivity index (χ1) is 21.1. The van der Waals surface area contributed by atoms with Crippen molar-refractivity contribution in [3.05, 3.63) is 132 Å². The second kappa shape index (κ2) is 14.2. The maximum absolute atomic E-state index is 13.4. The SMILES string of the molecule is COc1ccc(C(=O)Nc2ccccc2C2CCN(C(=C=O)CCN(C(=O)c3ccccc3)c3ccccc3)CC2)cc1. The number of nitrogens with zero attached hydrogens (tertiary/aromatic N) is 2. The summed E-state index contributed by atoms with van der Waals surface area (Å²) >= 11 is 0. The van der Waals surface area contributed by atoms with Gasteiger partial charge in [-0.3, -0.25) is 9.59 Å². The number of carbonyl (C=O) groups excluding carboxylic acids is 3. The predicted molar refractivity (Wildman–Crippen MR) is 169 cm³/mol. The third-order valence-corrected chi connectivity index (χ3v) is 7.90. The maximum atomic E-state index is 13.4. The standard InChI is InChI=1S/C36H35N3O4/c1-43-32-18-16-28(17-19-32)35(41)37-34-15-9-8-14-33(34)27-20-23-38(24-21-27)31(26-40)22-25-39(30-12-6-3-7-13-30)36(42)29-10-4-2-5-11-29/h2-19,27H,20-25H2,1H3,(H,37,41). The minimum atomic E-state index is -0.174. The molecule has 0 unspecified atom stereocenters. The zero-order valence-corrected chi connectivity index (χ0v) is 24.2. The highest BCUT2D eigenvalue weighted by Gasteiger charge is 2.26. The van der Waals surface area contributed by atoms with E-state index < -0.39 is 0 Å². The molecule has 0 atom stereocenters. The molecule has 4 aromatic rings. The number of amides is 2. The first-order valence-corrected chi connectivity index (χ1v) is 14.5. The average Bonchev–Trinajstić information content (AvgIpc) is 3.08. The summed E-state index contributed by atoms with van der Waals surface area (Å²) in [5.74, 6) is 2.81. The van der Waals surface area contributed by atoms with Crippen molar-refractivity contribution >= 4 is 29.1 Å². The van der Waals surface area contributed by atoms with Crippen molar-refractivity contribution in [3.63, 3.8) is 0 Å². The van der Waals surface area contributed by atoms with Crippen molar-refractivity contribution < 1.29 is 19.1 Å². The van der Waals surface area contributed by atoms with E-state index in [-0.39, 0.29) is 17.7 Å². The summed E-state index contributed by atoms with van der Waals surface area (Å²) in [5.41, 5.74) is 4.40. The molecular formula is C36H35N3O4. The first kappa shape index (κ1) is 29.4. The van der Waals surface area contributed by atoms with Crippen LogP contribution in [0.25, 0.3) is 0 Å². The number of benzene rings is 4. The number of hydrogen-bond donors (Lipinski definition) is 1. The fourth-order valence-electron chi connectivity index (χ4n) is 5.55. The Morgan fingerprint density at radius 3 is 2.12 bits per heavy atom. The highest BCUT2D eigenvalue weighted by molar-refractivity contribution is 6.06. The number of hydrogen-bond acceptors (Lipinski definition) is 5. The number of likely N-dealkylation sites (tertiary alicyclic amines) is 1. The minimum absolute atomic E-state index is 0.107. The molecule has 0 spiro atoms. The molecule has 4 aromatic carbocycles. The molecule has 1 aliphatic rings. The number of ether oxygens (including phenoxy) is 1. The number of methoxy groups -OCH3 is 1. The van der Waals surface area contributed by atoms with E-state index in [0.717, 1.165) is 29.8 Å². The molecule has 1 saturated heterocycles. The third-order valence-electron chi connectivity index (χ3n) is 7.90. The Bertz CT molecular complexity index is 1570. The van der Waals surface area contributed by atoms with Crippen LogP contribution in [0.5, 0.6) is 5.75 Å². The molecule has 7 heteroatoms. The molecule has 1 aliphatic heterocycles. The Kier molecular flexibility index (Phi) is 9.67. The van der Waals surface area contributed by atoms with Crippen molar-refractivity contribution in [2.45, 2.75) is 25.2 Å². The van der Waals surface area contributed by atoms with Gasteiger partial charge < -0.3 is 19.9 Å². The first-order valence-electron chi connectivity index (χ1n) is 14.5. The van der Waals surface area contributed by atoms with Crippen LogP contribution in [0.3, 0.4) is 0 Å². The number of para-hydroxylation sites is 2. The van der Waals surface area contributed by atoms with E-state index in [4.69, 9.17) is 4.74 Å². The van der Waals surface area contributed by atoms with E-state index in [2.05, 4.69) is 22.2 Å². The molecule has 1 N–H and O–H groups in total. The molecule has 0 aromatic heterocycles. The fraction of sp³-hybridized carbons (Fsp3) is 0.222. The number of nitrogens with one attached hydrogen (secondary N) is 1. The summed E-state index contributed by atoms with van der Waals surface area (Å²) in [7, 11) is 1.59. The van der Waals surface area contributed by atoms with Gasteiger partial charge in [0.2, 0.25) is 0 Å². The van der Waals surface area contributed by atoms with Gasteiger partial charge in [0, 0.05) is 48.6 Å². The molecule has 5 rings (SSSR count). The van der Waals surface area contributed by atoms with Gasteiger partial charge in [-0.15, -0.1) is 0 Å². The second-order valence-electron chi connectivity index (χ2n) is 10.5. The molecule has 7 nitrogen and oxygen atoms in total. The maximum Gasteiger partial charge on any atom is 0.258 e. The van der Waals surface area contributed by atoms with Crippen LogP contribution < -0.4 is 15.0 Å². The van der Waals surface area contributed by atoms with Gasteiger partial charge >= 0.3 is 0 Å². The Hall–Kier alpha value is -5.13. The lowest BCUT2D eigenvalue weighted by Gasteiger charge is -2.35. The molecule has 2 amide bonds. The van der Waals surface area contributed by atoms with Crippen LogP contribution in [-0.2, 0) is 4.79 Å². The molecular weight excluding hydrogens is 538 g/mol. The van der Waals surface area contributed by atoms with Crippen LogP contribution in [0.1, 0.15) is 51.5 Å². The Morgan fingerprint density at radius 2 is 1.47 bits per heavy atom. The monoisotopic (exact) mass is 573 g/mol. The van der Waals surface area contributed by atoms with Crippen molar-refractivity contribution in [2.24, 2.45) is 0 Å². The summed E-state index contributed by atoms with van der Waals surface area (Å²) in [6.07, 6.45) is 2.05. The zero-order chi connectivity index (χ0) is 30.0. The summed E-state index contributed by atoms with van der Waals surface area (Å²) in [5, 5.41) is 3.08. The average molecular weight is 574 g/mol. The number of carbonyl (C=O) groups is 2.